The van der Waals surface area contributed by atoms with Crippen LogP contribution in [0.4, 0.5) is 0 Å². The van der Waals surface area contributed by atoms with Gasteiger partial charge in [-0.05, 0) is 18.8 Å². The van der Waals surface area contributed by atoms with Crippen molar-refractivity contribution in [2.45, 2.75) is 26.2 Å². The van der Waals surface area contributed by atoms with Crippen LogP contribution in [-0.2, 0) is 10.0 Å². The van der Waals surface area contributed by atoms with Crippen molar-refractivity contribution < 1.29 is 13.5 Å². The Balaban J connectivity index is 3.90. The molecule has 1 unspecified atom stereocenters. The highest BCUT2D eigenvalue weighted by Gasteiger charge is 2.12. The fourth-order valence-corrected chi connectivity index (χ4v) is 2.65. The zero-order valence-corrected chi connectivity index (χ0v) is 10.6. The van der Waals surface area contributed by atoms with E-state index >= 15 is 0 Å². The second kappa shape index (κ2) is 8.33. The van der Waals surface area contributed by atoms with E-state index in [1.165, 1.54) is 0 Å². The van der Waals surface area contributed by atoms with Crippen LogP contribution < -0.4 is 4.72 Å². The van der Waals surface area contributed by atoms with Gasteiger partial charge in [-0.2, -0.15) is 0 Å². The highest BCUT2D eigenvalue weighted by atomic mass is 35.5. The van der Waals surface area contributed by atoms with Gasteiger partial charge in [-0.25, -0.2) is 13.1 Å². The molecule has 1 atom stereocenters. The van der Waals surface area contributed by atoms with Crippen molar-refractivity contribution in [2.24, 2.45) is 5.92 Å². The molecule has 0 aromatic carbocycles. The van der Waals surface area contributed by atoms with E-state index in [0.717, 1.165) is 6.42 Å². The minimum Gasteiger partial charge on any atom is -0.396 e. The molecular formula is C9H20ClNO3S. The van der Waals surface area contributed by atoms with Gasteiger partial charge < -0.3 is 5.11 Å². The summed E-state index contributed by atoms with van der Waals surface area (Å²) >= 11 is 5.42. The molecule has 4 nitrogen and oxygen atoms in total. The van der Waals surface area contributed by atoms with E-state index in [1.807, 2.05) is 6.92 Å². The molecular weight excluding hydrogens is 238 g/mol. The van der Waals surface area contributed by atoms with Crippen LogP contribution in [0.2, 0.25) is 0 Å². The molecule has 0 rings (SSSR count). The first-order valence-electron chi connectivity index (χ1n) is 5.20. The van der Waals surface area contributed by atoms with Gasteiger partial charge in [0.05, 0.1) is 5.75 Å². The quantitative estimate of drug-likeness (QED) is 0.605. The summed E-state index contributed by atoms with van der Waals surface area (Å²) < 4.78 is 25.3. The molecule has 0 saturated carbocycles. The molecule has 0 heterocycles. The van der Waals surface area contributed by atoms with Crippen LogP contribution in [0.5, 0.6) is 0 Å². The van der Waals surface area contributed by atoms with Crippen molar-refractivity contribution in [2.75, 3.05) is 24.8 Å². The van der Waals surface area contributed by atoms with E-state index in [1.54, 1.807) is 0 Å². The zero-order valence-electron chi connectivity index (χ0n) is 9.08. The van der Waals surface area contributed by atoms with E-state index < -0.39 is 10.0 Å². The number of hydrogen-bond acceptors (Lipinski definition) is 3. The molecule has 0 aliphatic rings. The highest BCUT2D eigenvalue weighted by Crippen LogP contribution is 2.06. The lowest BCUT2D eigenvalue weighted by molar-refractivity contribution is 0.254. The third kappa shape index (κ3) is 8.02. The van der Waals surface area contributed by atoms with E-state index in [2.05, 4.69) is 4.72 Å². The summed E-state index contributed by atoms with van der Waals surface area (Å²) in [5.74, 6) is 0.640. The third-order valence-electron chi connectivity index (χ3n) is 2.25. The zero-order chi connectivity index (χ0) is 11.7. The number of halogens is 1. The number of nitrogens with one attached hydrogen (secondary N) is 1. The van der Waals surface area contributed by atoms with Crippen molar-refractivity contribution in [1.82, 2.24) is 4.72 Å². The predicted molar refractivity (Wildman–Crippen MR) is 62.6 cm³/mol. The first-order valence-corrected chi connectivity index (χ1v) is 7.38. The number of sulfonamides is 1. The molecule has 92 valence electrons. The third-order valence-corrected chi connectivity index (χ3v) is 3.95. The first-order chi connectivity index (χ1) is 7.05. The summed E-state index contributed by atoms with van der Waals surface area (Å²) in [5.41, 5.74) is 0. The Hall–Kier alpha value is 0.160. The Labute approximate surface area is 97.1 Å². The summed E-state index contributed by atoms with van der Waals surface area (Å²) in [5, 5.41) is 8.74. The first kappa shape index (κ1) is 15.2. The molecule has 0 aromatic rings. The van der Waals surface area contributed by atoms with Gasteiger partial charge >= 0.3 is 0 Å². The molecule has 0 aliphatic carbocycles. The topological polar surface area (TPSA) is 66.4 Å². The van der Waals surface area contributed by atoms with Crippen LogP contribution in [0.15, 0.2) is 0 Å². The van der Waals surface area contributed by atoms with E-state index in [-0.39, 0.29) is 18.3 Å². The summed E-state index contributed by atoms with van der Waals surface area (Å²) in [7, 11) is -3.18. The highest BCUT2D eigenvalue weighted by molar-refractivity contribution is 7.89. The average molecular weight is 258 g/mol. The van der Waals surface area contributed by atoms with Crippen molar-refractivity contribution in [1.29, 1.82) is 0 Å². The van der Waals surface area contributed by atoms with Crippen molar-refractivity contribution in [3.8, 4) is 0 Å². The van der Waals surface area contributed by atoms with Gasteiger partial charge in [0.2, 0.25) is 10.0 Å². The van der Waals surface area contributed by atoms with Gasteiger partial charge in [-0.3, -0.25) is 0 Å². The average Bonchev–Trinajstić information content (AvgIpc) is 2.21. The molecule has 15 heavy (non-hydrogen) atoms. The lowest BCUT2D eigenvalue weighted by atomic mass is 10.0. The van der Waals surface area contributed by atoms with Crippen LogP contribution in [0.3, 0.4) is 0 Å². The van der Waals surface area contributed by atoms with Crippen molar-refractivity contribution in [3.63, 3.8) is 0 Å². The number of aliphatic hydroxyl groups excluding tert-OH is 1. The maximum Gasteiger partial charge on any atom is 0.211 e. The van der Waals surface area contributed by atoms with Crippen LogP contribution in [0, 0.1) is 5.92 Å². The fraction of sp³-hybridized carbons (Fsp3) is 1.00. The lowest BCUT2D eigenvalue weighted by Gasteiger charge is -2.14. The molecule has 0 saturated heterocycles. The number of rotatable bonds is 9. The summed E-state index contributed by atoms with van der Waals surface area (Å²) in [6, 6.07) is 0. The maximum absolute atomic E-state index is 11.4. The minimum atomic E-state index is -3.18. The van der Waals surface area contributed by atoms with Gasteiger partial charge in [0.15, 0.2) is 0 Å². The van der Waals surface area contributed by atoms with Gasteiger partial charge in [-0.1, -0.05) is 13.3 Å². The lowest BCUT2D eigenvalue weighted by Crippen LogP contribution is -2.31. The smallest absolute Gasteiger partial charge is 0.211 e. The summed E-state index contributed by atoms with van der Waals surface area (Å²) in [4.78, 5) is 0. The standard InChI is InChI=1S/C9H20ClNO3S/c1-2-9(4-6-12)8-11-15(13,14)7-3-5-10/h9,11-12H,2-8H2,1H3. The Morgan fingerprint density at radius 2 is 2.13 bits per heavy atom. The normalized spacial score (nSPS) is 14.1. The Morgan fingerprint density at radius 1 is 1.47 bits per heavy atom. The van der Waals surface area contributed by atoms with E-state index in [9.17, 15) is 8.42 Å². The molecule has 0 aromatic heterocycles. The van der Waals surface area contributed by atoms with Gasteiger partial charge in [0.25, 0.3) is 0 Å². The van der Waals surface area contributed by atoms with E-state index in [4.69, 9.17) is 16.7 Å². The Kier molecular flexibility index (Phi) is 8.42. The summed E-state index contributed by atoms with van der Waals surface area (Å²) in [6.07, 6.45) is 1.96. The van der Waals surface area contributed by atoms with Crippen molar-refractivity contribution in [3.05, 3.63) is 0 Å². The molecule has 6 heteroatoms. The number of aliphatic hydroxyl groups is 1. The summed E-state index contributed by atoms with van der Waals surface area (Å²) in [6.45, 7) is 2.48. The number of alkyl halides is 1. The van der Waals surface area contributed by atoms with Crippen molar-refractivity contribution >= 4 is 21.6 Å². The van der Waals surface area contributed by atoms with Crippen LogP contribution in [-0.4, -0.2) is 38.3 Å². The molecule has 0 fully saturated rings. The van der Waals surface area contributed by atoms with Gasteiger partial charge in [0.1, 0.15) is 0 Å². The van der Waals surface area contributed by atoms with Crippen LogP contribution >= 0.6 is 11.6 Å². The maximum atomic E-state index is 11.4. The van der Waals surface area contributed by atoms with Crippen LogP contribution in [0.25, 0.3) is 0 Å². The molecule has 0 amide bonds. The second-order valence-electron chi connectivity index (χ2n) is 3.50. The fourth-order valence-electron chi connectivity index (χ4n) is 1.19. The molecule has 0 aliphatic heterocycles. The van der Waals surface area contributed by atoms with E-state index in [0.29, 0.717) is 25.3 Å². The predicted octanol–water partition coefficient (Wildman–Crippen LogP) is 0.943. The largest absolute Gasteiger partial charge is 0.396 e. The molecule has 0 bridgehead atoms. The van der Waals surface area contributed by atoms with Gasteiger partial charge in [0, 0.05) is 19.0 Å². The molecule has 0 spiro atoms. The minimum absolute atomic E-state index is 0.0755. The Bertz CT molecular complexity index is 244. The monoisotopic (exact) mass is 257 g/mol. The number of hydrogen-bond donors (Lipinski definition) is 2. The Morgan fingerprint density at radius 3 is 2.60 bits per heavy atom. The van der Waals surface area contributed by atoms with Gasteiger partial charge in [-0.15, -0.1) is 11.6 Å². The second-order valence-corrected chi connectivity index (χ2v) is 5.80. The SMILES string of the molecule is CCC(CCO)CNS(=O)(=O)CCCCl. The van der Waals surface area contributed by atoms with Crippen LogP contribution in [0.1, 0.15) is 26.2 Å². The molecule has 2 N–H and O–H groups in total. The molecule has 0 radical (unpaired) electrons.